The molecule has 20 heavy (non-hydrogen) atoms. The molecule has 3 nitrogen and oxygen atoms in total. The highest BCUT2D eigenvalue weighted by Crippen LogP contribution is 2.27. The zero-order valence-electron chi connectivity index (χ0n) is 12.4. The number of fused-ring (bicyclic) bond motifs is 1. The first-order valence-electron chi connectivity index (χ1n) is 7.98. The summed E-state index contributed by atoms with van der Waals surface area (Å²) in [5.74, 6) is 0. The van der Waals surface area contributed by atoms with E-state index in [9.17, 15) is 0 Å². The average Bonchev–Trinajstić information content (AvgIpc) is 2.95. The third-order valence-electron chi connectivity index (χ3n) is 4.72. The topological polar surface area (TPSA) is 38.5 Å². The Kier molecular flexibility index (Phi) is 4.39. The number of morpholine rings is 1. The minimum absolute atomic E-state index is 0.00720. The van der Waals surface area contributed by atoms with Crippen LogP contribution in [0.1, 0.15) is 43.4 Å². The molecule has 3 atom stereocenters. The lowest BCUT2D eigenvalue weighted by Crippen LogP contribution is -2.49. The molecule has 3 unspecified atom stereocenters. The van der Waals surface area contributed by atoms with Crippen molar-refractivity contribution < 1.29 is 4.74 Å². The molecule has 2 saturated heterocycles. The molecule has 110 valence electrons. The third-order valence-corrected chi connectivity index (χ3v) is 4.72. The summed E-state index contributed by atoms with van der Waals surface area (Å²) in [6.45, 7) is 5.27. The number of nitrogens with zero attached hydrogens (tertiary/aromatic N) is 1. The lowest BCUT2D eigenvalue weighted by atomic mass is 9.98. The van der Waals surface area contributed by atoms with Gasteiger partial charge in [-0.2, -0.15) is 0 Å². The van der Waals surface area contributed by atoms with Crippen molar-refractivity contribution in [2.75, 3.05) is 19.7 Å². The van der Waals surface area contributed by atoms with Crippen molar-refractivity contribution in [3.8, 4) is 0 Å². The Morgan fingerprint density at radius 2 is 2.15 bits per heavy atom. The smallest absolute Gasteiger partial charge is 0.0895 e. The number of ether oxygens (including phenoxy) is 1. The highest BCUT2D eigenvalue weighted by Gasteiger charge is 2.34. The molecule has 2 fully saturated rings. The maximum absolute atomic E-state index is 6.42. The fraction of sp³-hybridized carbons (Fsp3) is 0.647. The van der Waals surface area contributed by atoms with E-state index >= 15 is 0 Å². The van der Waals surface area contributed by atoms with Crippen LogP contribution in [0.5, 0.6) is 0 Å². The van der Waals surface area contributed by atoms with E-state index in [1.165, 1.54) is 36.9 Å². The van der Waals surface area contributed by atoms with Crippen LogP contribution in [0.4, 0.5) is 0 Å². The lowest BCUT2D eigenvalue weighted by Gasteiger charge is -2.37. The van der Waals surface area contributed by atoms with E-state index in [1.54, 1.807) is 0 Å². The van der Waals surface area contributed by atoms with Crippen LogP contribution in [0, 0.1) is 0 Å². The number of rotatable bonds is 4. The first-order valence-corrected chi connectivity index (χ1v) is 7.98. The van der Waals surface area contributed by atoms with Crippen molar-refractivity contribution >= 4 is 0 Å². The lowest BCUT2D eigenvalue weighted by molar-refractivity contribution is -0.0597. The molecule has 0 bridgehead atoms. The maximum Gasteiger partial charge on any atom is 0.0895 e. The fourth-order valence-electron chi connectivity index (χ4n) is 3.47. The molecule has 0 radical (unpaired) electrons. The summed E-state index contributed by atoms with van der Waals surface area (Å²) in [5, 5.41) is 0. The molecule has 3 rings (SSSR count). The summed E-state index contributed by atoms with van der Waals surface area (Å²) < 4.78 is 6.02. The average molecular weight is 274 g/mol. The van der Waals surface area contributed by atoms with E-state index in [0.717, 1.165) is 19.6 Å². The predicted octanol–water partition coefficient (Wildman–Crippen LogP) is 2.50. The first kappa shape index (κ1) is 14.1. The van der Waals surface area contributed by atoms with Gasteiger partial charge < -0.3 is 10.5 Å². The van der Waals surface area contributed by atoms with Crippen LogP contribution in [0.3, 0.4) is 0 Å². The van der Waals surface area contributed by atoms with Crippen LogP contribution in [0.15, 0.2) is 24.3 Å². The second-order valence-electron chi connectivity index (χ2n) is 6.18. The molecular formula is C17H26N2O. The third kappa shape index (κ3) is 2.90. The van der Waals surface area contributed by atoms with Crippen molar-refractivity contribution in [3.05, 3.63) is 35.4 Å². The number of benzene rings is 1. The molecule has 0 spiro atoms. The highest BCUT2D eigenvalue weighted by molar-refractivity contribution is 5.26. The largest absolute Gasteiger partial charge is 0.373 e. The maximum atomic E-state index is 6.42. The molecule has 3 heteroatoms. The van der Waals surface area contributed by atoms with Crippen LogP contribution in [0.2, 0.25) is 0 Å². The van der Waals surface area contributed by atoms with Crippen LogP contribution in [0.25, 0.3) is 0 Å². The standard InChI is InChI=1S/C17H26N2O/c1-2-4-13-6-8-14(9-7-13)17(18)16-11-19-10-3-5-15(19)12-20-16/h6-9,15-17H,2-5,10-12,18H2,1H3. The fourth-order valence-corrected chi connectivity index (χ4v) is 3.47. The van der Waals surface area contributed by atoms with E-state index in [0.29, 0.717) is 6.04 Å². The van der Waals surface area contributed by atoms with Gasteiger partial charge in [-0.05, 0) is 36.9 Å². The molecule has 2 heterocycles. The SMILES string of the molecule is CCCc1ccc(C(N)C2CN3CCCC3CO2)cc1. The monoisotopic (exact) mass is 274 g/mol. The molecule has 0 aromatic heterocycles. The van der Waals surface area contributed by atoms with Crippen molar-refractivity contribution in [1.29, 1.82) is 0 Å². The van der Waals surface area contributed by atoms with Gasteiger partial charge in [0.25, 0.3) is 0 Å². The summed E-state index contributed by atoms with van der Waals surface area (Å²) in [4.78, 5) is 2.56. The van der Waals surface area contributed by atoms with E-state index in [4.69, 9.17) is 10.5 Å². The Bertz CT molecular complexity index is 431. The van der Waals surface area contributed by atoms with Gasteiger partial charge in [-0.3, -0.25) is 4.90 Å². The van der Waals surface area contributed by atoms with Gasteiger partial charge in [0, 0.05) is 12.6 Å². The van der Waals surface area contributed by atoms with E-state index in [2.05, 4.69) is 36.1 Å². The summed E-state index contributed by atoms with van der Waals surface area (Å²) in [5.41, 5.74) is 9.02. The van der Waals surface area contributed by atoms with E-state index < -0.39 is 0 Å². The number of hydrogen-bond acceptors (Lipinski definition) is 3. The minimum Gasteiger partial charge on any atom is -0.373 e. The molecule has 2 aliphatic heterocycles. The van der Waals surface area contributed by atoms with Gasteiger partial charge >= 0.3 is 0 Å². The Morgan fingerprint density at radius 1 is 1.35 bits per heavy atom. The number of aryl methyl sites for hydroxylation is 1. The predicted molar refractivity (Wildman–Crippen MR) is 81.7 cm³/mol. The zero-order valence-corrected chi connectivity index (χ0v) is 12.4. The van der Waals surface area contributed by atoms with Gasteiger partial charge in [0.2, 0.25) is 0 Å². The molecule has 0 amide bonds. The Balaban J connectivity index is 1.64. The summed E-state index contributed by atoms with van der Waals surface area (Å²) in [6.07, 6.45) is 5.06. The van der Waals surface area contributed by atoms with Crippen molar-refractivity contribution in [3.63, 3.8) is 0 Å². The molecule has 2 aliphatic rings. The van der Waals surface area contributed by atoms with E-state index in [1.807, 2.05) is 0 Å². The van der Waals surface area contributed by atoms with Gasteiger partial charge in [-0.25, -0.2) is 0 Å². The van der Waals surface area contributed by atoms with Crippen LogP contribution < -0.4 is 5.73 Å². The molecular weight excluding hydrogens is 248 g/mol. The van der Waals surface area contributed by atoms with E-state index in [-0.39, 0.29) is 12.1 Å². The van der Waals surface area contributed by atoms with Crippen molar-refractivity contribution in [2.24, 2.45) is 5.73 Å². The first-order chi connectivity index (χ1) is 9.78. The second kappa shape index (κ2) is 6.25. The van der Waals surface area contributed by atoms with Gasteiger partial charge in [-0.1, -0.05) is 37.6 Å². The van der Waals surface area contributed by atoms with Crippen molar-refractivity contribution in [1.82, 2.24) is 4.90 Å². The molecule has 0 saturated carbocycles. The van der Waals surface area contributed by atoms with Gasteiger partial charge in [-0.15, -0.1) is 0 Å². The van der Waals surface area contributed by atoms with Crippen molar-refractivity contribution in [2.45, 2.75) is 50.8 Å². The number of hydrogen-bond donors (Lipinski definition) is 1. The van der Waals surface area contributed by atoms with Gasteiger partial charge in [0.15, 0.2) is 0 Å². The molecule has 1 aromatic carbocycles. The van der Waals surface area contributed by atoms with Gasteiger partial charge in [0.05, 0.1) is 18.8 Å². The highest BCUT2D eigenvalue weighted by atomic mass is 16.5. The van der Waals surface area contributed by atoms with Crippen LogP contribution in [-0.2, 0) is 11.2 Å². The quantitative estimate of drug-likeness (QED) is 0.917. The summed E-state index contributed by atoms with van der Waals surface area (Å²) >= 11 is 0. The second-order valence-corrected chi connectivity index (χ2v) is 6.18. The Labute approximate surface area is 122 Å². The Hall–Kier alpha value is -0.900. The number of nitrogens with two attached hydrogens (primary N) is 1. The zero-order chi connectivity index (χ0) is 13.9. The normalized spacial score (nSPS) is 28.3. The van der Waals surface area contributed by atoms with Gasteiger partial charge in [0.1, 0.15) is 0 Å². The van der Waals surface area contributed by atoms with Crippen LogP contribution >= 0.6 is 0 Å². The Morgan fingerprint density at radius 3 is 2.90 bits per heavy atom. The summed E-state index contributed by atoms with van der Waals surface area (Å²) in [7, 11) is 0. The van der Waals surface area contributed by atoms with Crippen LogP contribution in [-0.4, -0.2) is 36.7 Å². The minimum atomic E-state index is -0.00720. The molecule has 2 N–H and O–H groups in total. The summed E-state index contributed by atoms with van der Waals surface area (Å²) in [6, 6.07) is 9.41. The molecule has 0 aliphatic carbocycles. The molecule has 1 aromatic rings.